The van der Waals surface area contributed by atoms with Gasteiger partial charge in [-0.3, -0.25) is 0 Å². The molecule has 0 fully saturated rings. The van der Waals surface area contributed by atoms with Crippen LogP contribution in [-0.2, 0) is 5.66 Å². The van der Waals surface area contributed by atoms with E-state index in [1.807, 2.05) is 12.3 Å². The SMILES string of the molecule is [2H]C([2H])([2H])c1c[n+]2c(cc1C([2H])(C)C)-c1c(ccc3c1oc1c3ccc3c4ccccc4c4ccccc4c31)C21c2ccccc2-c2cc[c]([Ge]([CH3])([CH3])[CH3])c[n+]21. The standard InChI is InChI=1S/C48H40GeN2O/c1-28(2)39-25-43-45-41(48(50(43)26-29(39)3)40-18-12-11-17-38(40)42-24-19-30(27-51(42)48)49(4,5)6)23-22-37-36-21-20-35-33-15-8-7-13-31(33)32-14-9-10-16-34(32)44(35)46(36)52-47(37)45/h7-28H,1-6H3/q+2/i3D3,28D. The molecule has 2 aliphatic rings. The normalized spacial score (nSPS) is 17.7. The summed E-state index contributed by atoms with van der Waals surface area (Å²) < 4.78 is 49.0. The fourth-order valence-corrected chi connectivity index (χ4v) is 11.8. The van der Waals surface area contributed by atoms with Crippen LogP contribution in [-0.4, -0.2) is 13.3 Å². The Kier molecular flexibility index (Phi) is 5.20. The van der Waals surface area contributed by atoms with Crippen LogP contribution in [0.4, 0.5) is 0 Å². The summed E-state index contributed by atoms with van der Waals surface area (Å²) in [6.45, 7) is 1.11. The number of fused-ring (bicyclic) bond motifs is 21. The average molecular weight is 737 g/mol. The summed E-state index contributed by atoms with van der Waals surface area (Å²) in [6, 6.07) is 41.1. The van der Waals surface area contributed by atoms with E-state index in [2.05, 4.69) is 142 Å². The third-order valence-corrected chi connectivity index (χ3v) is 16.1. The van der Waals surface area contributed by atoms with Crippen molar-refractivity contribution in [2.24, 2.45) is 0 Å². The molecule has 52 heavy (non-hydrogen) atoms. The molecule has 0 amide bonds. The summed E-state index contributed by atoms with van der Waals surface area (Å²) in [4.78, 5) is 0. The van der Waals surface area contributed by atoms with Crippen LogP contribution in [0.5, 0.6) is 0 Å². The molecule has 1 atom stereocenters. The van der Waals surface area contributed by atoms with Gasteiger partial charge in [0.25, 0.3) is 0 Å². The molecule has 0 saturated carbocycles. The average Bonchev–Trinajstić information content (AvgIpc) is 3.80. The first kappa shape index (κ1) is 26.5. The van der Waals surface area contributed by atoms with Crippen LogP contribution >= 0.6 is 0 Å². The number of hydrogen-bond donors (Lipinski definition) is 0. The molecule has 0 bridgehead atoms. The van der Waals surface area contributed by atoms with Gasteiger partial charge in [0, 0.05) is 0 Å². The molecule has 3 nitrogen and oxygen atoms in total. The Morgan fingerprint density at radius 2 is 1.25 bits per heavy atom. The minimum atomic E-state index is -2.45. The van der Waals surface area contributed by atoms with Gasteiger partial charge in [-0.1, -0.05) is 42.5 Å². The molecule has 11 rings (SSSR count). The monoisotopic (exact) mass is 738 g/mol. The van der Waals surface area contributed by atoms with Crippen LogP contribution in [0.2, 0.25) is 17.3 Å². The fourth-order valence-electron chi connectivity index (χ4n) is 9.48. The fraction of sp³-hybridized carbons (Fsp3) is 0.167. The number of hydrogen-bond acceptors (Lipinski definition) is 1. The first-order chi connectivity index (χ1) is 26.7. The van der Waals surface area contributed by atoms with Gasteiger partial charge in [-0.2, -0.15) is 0 Å². The zero-order valence-corrected chi connectivity index (χ0v) is 32.0. The van der Waals surface area contributed by atoms with Crippen LogP contribution in [0, 0.1) is 6.85 Å². The summed E-state index contributed by atoms with van der Waals surface area (Å²) in [5.41, 5.74) is 7.39. The summed E-state index contributed by atoms with van der Waals surface area (Å²) >= 11 is -2.38. The van der Waals surface area contributed by atoms with Crippen LogP contribution in [0.1, 0.15) is 47.5 Å². The van der Waals surface area contributed by atoms with E-state index in [-0.39, 0.29) is 5.56 Å². The predicted molar refractivity (Wildman–Crippen MR) is 217 cm³/mol. The molecule has 4 heteroatoms. The summed E-state index contributed by atoms with van der Waals surface area (Å²) in [6.07, 6.45) is 4.17. The molecule has 250 valence electrons. The molecular formula is C48H40GeN2O+2. The quantitative estimate of drug-likeness (QED) is 0.0983. The number of pyridine rings is 2. The van der Waals surface area contributed by atoms with E-state index in [0.717, 1.165) is 71.7 Å². The summed E-state index contributed by atoms with van der Waals surface area (Å²) in [5.74, 6) is 6.04. The van der Waals surface area contributed by atoms with Crippen molar-refractivity contribution in [3.05, 3.63) is 150 Å². The van der Waals surface area contributed by atoms with Gasteiger partial charge in [-0.25, -0.2) is 0 Å². The Labute approximate surface area is 311 Å². The van der Waals surface area contributed by atoms with Crippen LogP contribution in [0.15, 0.2) is 132 Å². The van der Waals surface area contributed by atoms with Crippen LogP contribution in [0.25, 0.3) is 76.8 Å². The molecular weight excluding hydrogens is 693 g/mol. The first-order valence-corrected chi connectivity index (χ1v) is 25.5. The first-order valence-electron chi connectivity index (χ1n) is 20.2. The Bertz CT molecular complexity index is 3190. The third-order valence-electron chi connectivity index (χ3n) is 11.9. The van der Waals surface area contributed by atoms with E-state index >= 15 is 0 Å². The van der Waals surface area contributed by atoms with E-state index in [1.165, 1.54) is 20.6 Å². The van der Waals surface area contributed by atoms with Gasteiger partial charge < -0.3 is 0 Å². The summed E-state index contributed by atoms with van der Waals surface area (Å²) in [5, 5.41) is 8.98. The van der Waals surface area contributed by atoms with E-state index < -0.39 is 31.7 Å². The van der Waals surface area contributed by atoms with Gasteiger partial charge in [0.05, 0.1) is 0 Å². The number of furan rings is 1. The van der Waals surface area contributed by atoms with Crippen molar-refractivity contribution in [2.45, 2.75) is 49.5 Å². The Morgan fingerprint density at radius 3 is 1.98 bits per heavy atom. The molecule has 0 N–H and O–H groups in total. The number of benzene rings is 6. The second kappa shape index (κ2) is 10.2. The molecule has 0 radical (unpaired) electrons. The Balaban J connectivity index is 1.35. The van der Waals surface area contributed by atoms with Crippen molar-refractivity contribution >= 4 is 71.9 Å². The number of aryl methyl sites for hydroxylation is 1. The molecule has 1 unspecified atom stereocenters. The number of aromatic nitrogens is 2. The third kappa shape index (κ3) is 3.67. The van der Waals surface area contributed by atoms with Crippen molar-refractivity contribution in [2.75, 3.05) is 0 Å². The van der Waals surface area contributed by atoms with Gasteiger partial charge in [0.2, 0.25) is 0 Å². The maximum atomic E-state index is 9.27. The van der Waals surface area contributed by atoms with Crippen molar-refractivity contribution in [3.8, 4) is 22.5 Å². The maximum absolute atomic E-state index is 9.27. The molecule has 3 aromatic heterocycles. The van der Waals surface area contributed by atoms with Gasteiger partial charge in [0.15, 0.2) is 0 Å². The molecule has 5 heterocycles. The predicted octanol–water partition coefficient (Wildman–Crippen LogP) is 10.9. The van der Waals surface area contributed by atoms with Crippen molar-refractivity contribution in [1.82, 2.24) is 0 Å². The van der Waals surface area contributed by atoms with Gasteiger partial charge in [-0.05, 0) is 5.39 Å². The number of rotatable bonds is 2. The second-order valence-corrected chi connectivity index (χ2v) is 26.6. The van der Waals surface area contributed by atoms with E-state index in [1.54, 1.807) is 13.8 Å². The molecule has 0 aliphatic carbocycles. The van der Waals surface area contributed by atoms with Gasteiger partial charge in [-0.15, -0.1) is 0 Å². The van der Waals surface area contributed by atoms with Gasteiger partial charge in [0.1, 0.15) is 0 Å². The molecule has 0 saturated heterocycles. The van der Waals surface area contributed by atoms with Gasteiger partial charge >= 0.3 is 265 Å². The van der Waals surface area contributed by atoms with Crippen LogP contribution < -0.4 is 13.5 Å². The molecule has 6 aromatic carbocycles. The molecule has 2 aliphatic heterocycles. The Morgan fingerprint density at radius 1 is 0.635 bits per heavy atom. The second-order valence-electron chi connectivity index (χ2n) is 15.9. The Hall–Kier alpha value is -5.26. The molecule has 1 spiro atoms. The van der Waals surface area contributed by atoms with Crippen molar-refractivity contribution in [1.29, 1.82) is 0 Å². The minimum absolute atomic E-state index is 0.190. The van der Waals surface area contributed by atoms with E-state index in [9.17, 15) is 1.37 Å². The van der Waals surface area contributed by atoms with Crippen LogP contribution in [0.3, 0.4) is 0 Å². The van der Waals surface area contributed by atoms with Crippen molar-refractivity contribution < 1.29 is 19.0 Å². The summed E-state index contributed by atoms with van der Waals surface area (Å²) in [7, 11) is 0. The number of nitrogens with zero attached hydrogens (tertiary/aromatic N) is 2. The van der Waals surface area contributed by atoms with E-state index in [0.29, 0.717) is 5.56 Å². The zero-order valence-electron chi connectivity index (χ0n) is 33.9. The van der Waals surface area contributed by atoms with E-state index in [4.69, 9.17) is 8.53 Å². The molecule has 9 aromatic rings. The topological polar surface area (TPSA) is 20.9 Å². The zero-order chi connectivity index (χ0) is 38.7. The van der Waals surface area contributed by atoms with Crippen molar-refractivity contribution in [3.63, 3.8) is 0 Å².